The van der Waals surface area contributed by atoms with Gasteiger partial charge in [0.05, 0.1) is 30.2 Å². The first-order chi connectivity index (χ1) is 14.0. The highest BCUT2D eigenvalue weighted by molar-refractivity contribution is 5.83. The first kappa shape index (κ1) is 21.0. The molecule has 0 spiro atoms. The highest BCUT2D eigenvalue weighted by atomic mass is 19.1. The van der Waals surface area contributed by atoms with E-state index in [0.717, 1.165) is 28.0 Å². The average Bonchev–Trinajstić information content (AvgIpc) is 3.06. The number of fused-ring (bicyclic) bond motifs is 1. The minimum absolute atomic E-state index is 0.259. The lowest BCUT2D eigenvalue weighted by Crippen LogP contribution is -2.40. The van der Waals surface area contributed by atoms with Crippen LogP contribution in [0, 0.1) is 5.82 Å². The lowest BCUT2D eigenvalue weighted by molar-refractivity contribution is -0.120. The zero-order valence-electron chi connectivity index (χ0n) is 16.8. The molecule has 3 N–H and O–H groups in total. The van der Waals surface area contributed by atoms with Crippen LogP contribution in [0.2, 0.25) is 0 Å². The van der Waals surface area contributed by atoms with Gasteiger partial charge in [-0.05, 0) is 48.7 Å². The van der Waals surface area contributed by atoms with E-state index in [4.69, 9.17) is 15.5 Å². The molecule has 0 aliphatic carbocycles. The third kappa shape index (κ3) is 4.99. The molecule has 0 fully saturated rings. The second-order valence-electron chi connectivity index (χ2n) is 6.83. The molecule has 0 unspecified atom stereocenters. The number of carbonyl (C=O) groups is 1. The zero-order valence-corrected chi connectivity index (χ0v) is 16.8. The molecule has 0 saturated carbocycles. The van der Waals surface area contributed by atoms with Crippen molar-refractivity contribution in [3.05, 3.63) is 54.1 Å². The number of aromatic nitrogens is 2. The van der Waals surface area contributed by atoms with E-state index in [-0.39, 0.29) is 11.7 Å². The zero-order chi connectivity index (χ0) is 20.8. The van der Waals surface area contributed by atoms with E-state index in [1.54, 1.807) is 12.1 Å². The Kier molecular flexibility index (Phi) is 6.95. The van der Waals surface area contributed by atoms with Crippen molar-refractivity contribution in [3.63, 3.8) is 0 Å². The maximum atomic E-state index is 13.3. The van der Waals surface area contributed by atoms with Crippen molar-refractivity contribution in [1.82, 2.24) is 14.9 Å². The fourth-order valence-corrected chi connectivity index (χ4v) is 3.34. The minimum atomic E-state index is -0.398. The molecule has 0 bridgehead atoms. The van der Waals surface area contributed by atoms with Gasteiger partial charge in [-0.1, -0.05) is 25.1 Å². The molecule has 3 rings (SSSR count). The van der Waals surface area contributed by atoms with Crippen molar-refractivity contribution in [2.75, 3.05) is 13.2 Å². The van der Waals surface area contributed by atoms with Gasteiger partial charge in [-0.3, -0.25) is 10.1 Å². The van der Waals surface area contributed by atoms with Crippen LogP contribution in [0.25, 0.3) is 22.2 Å². The van der Waals surface area contributed by atoms with Gasteiger partial charge in [0.1, 0.15) is 11.6 Å². The van der Waals surface area contributed by atoms with Gasteiger partial charge in [-0.25, -0.2) is 9.37 Å². The van der Waals surface area contributed by atoms with Crippen LogP contribution in [0.4, 0.5) is 4.39 Å². The number of hydrogen-bond donors (Lipinski definition) is 2. The third-order valence-electron chi connectivity index (χ3n) is 4.93. The lowest BCUT2D eigenvalue weighted by atomic mass is 10.1. The second kappa shape index (κ2) is 9.62. The average molecular weight is 398 g/mol. The number of nitrogens with two attached hydrogens (primary N) is 1. The number of nitrogens with one attached hydrogen (secondary N) is 1. The van der Waals surface area contributed by atoms with Gasteiger partial charge in [0.15, 0.2) is 0 Å². The van der Waals surface area contributed by atoms with Gasteiger partial charge in [-0.15, -0.1) is 0 Å². The van der Waals surface area contributed by atoms with Crippen molar-refractivity contribution in [2.24, 2.45) is 5.73 Å². The van der Waals surface area contributed by atoms with Crippen LogP contribution in [0.1, 0.15) is 26.1 Å². The molecular formula is C22H27FN4O2. The van der Waals surface area contributed by atoms with Gasteiger partial charge in [0.25, 0.3) is 0 Å². The predicted octanol–water partition coefficient (Wildman–Crippen LogP) is 3.23. The highest BCUT2D eigenvalue weighted by Gasteiger charge is 2.16. The van der Waals surface area contributed by atoms with Gasteiger partial charge >= 0.3 is 0 Å². The van der Waals surface area contributed by atoms with Crippen molar-refractivity contribution in [3.8, 4) is 11.1 Å². The summed E-state index contributed by atoms with van der Waals surface area (Å²) in [5.74, 6) is 0.184. The fraction of sp³-hybridized carbons (Fsp3) is 0.364. The molecule has 0 aliphatic rings. The molecule has 0 saturated heterocycles. The van der Waals surface area contributed by atoms with E-state index in [1.165, 1.54) is 12.1 Å². The molecule has 0 radical (unpaired) electrons. The Morgan fingerprint density at radius 3 is 2.59 bits per heavy atom. The number of benzene rings is 2. The number of halogens is 1. The molecular weight excluding hydrogens is 371 g/mol. The highest BCUT2D eigenvalue weighted by Crippen LogP contribution is 2.25. The number of carbonyl (C=O) groups excluding carboxylic acids is 1. The van der Waals surface area contributed by atoms with Crippen LogP contribution in [-0.4, -0.2) is 34.7 Å². The summed E-state index contributed by atoms with van der Waals surface area (Å²) in [5.41, 5.74) is 9.19. The number of primary amides is 1. The van der Waals surface area contributed by atoms with E-state index in [1.807, 2.05) is 26.0 Å². The topological polar surface area (TPSA) is 82.2 Å². The molecule has 0 aliphatic heterocycles. The number of amides is 1. The third-order valence-corrected chi connectivity index (χ3v) is 4.93. The smallest absolute Gasteiger partial charge is 0.234 e. The van der Waals surface area contributed by atoms with Crippen molar-refractivity contribution in [2.45, 2.75) is 39.4 Å². The molecule has 6 nitrogen and oxygen atoms in total. The molecule has 1 atom stereocenters. The summed E-state index contributed by atoms with van der Waals surface area (Å²) < 4.78 is 20.9. The minimum Gasteiger partial charge on any atom is -0.380 e. The Bertz CT molecular complexity index is 969. The molecule has 2 aromatic carbocycles. The Hall–Kier alpha value is -2.77. The number of hydrogen-bond acceptors (Lipinski definition) is 4. The Balaban J connectivity index is 1.95. The van der Waals surface area contributed by atoms with Crippen LogP contribution in [0.15, 0.2) is 42.5 Å². The summed E-state index contributed by atoms with van der Waals surface area (Å²) in [7, 11) is 0. The monoisotopic (exact) mass is 398 g/mol. The normalized spacial score (nSPS) is 12.4. The maximum Gasteiger partial charge on any atom is 0.234 e. The summed E-state index contributed by atoms with van der Waals surface area (Å²) in [5, 5.41) is 3.19. The van der Waals surface area contributed by atoms with Crippen LogP contribution in [0.5, 0.6) is 0 Å². The number of ether oxygens (including phenoxy) is 1. The van der Waals surface area contributed by atoms with E-state index in [2.05, 4.69) is 16.0 Å². The molecule has 1 amide bonds. The quantitative estimate of drug-likeness (QED) is 0.514. The standard InChI is InChI=1S/C22H27FN4O2/c1-3-18(22(24)28)25-14-21-26-19-10-7-16(15-5-8-17(23)9-6-15)13-20(19)27(21)11-12-29-4-2/h5-10,13,18,25H,3-4,11-12,14H2,1-2H3,(H2,24,28)/t18-/m0/s1. The van der Waals surface area contributed by atoms with Crippen LogP contribution < -0.4 is 11.1 Å². The first-order valence-electron chi connectivity index (χ1n) is 9.89. The Morgan fingerprint density at radius 2 is 1.93 bits per heavy atom. The Labute approximate surface area is 169 Å². The van der Waals surface area contributed by atoms with E-state index in [0.29, 0.717) is 32.7 Å². The second-order valence-corrected chi connectivity index (χ2v) is 6.83. The molecule has 1 aromatic heterocycles. The molecule has 1 heterocycles. The molecule has 29 heavy (non-hydrogen) atoms. The van der Waals surface area contributed by atoms with Crippen LogP contribution in [0.3, 0.4) is 0 Å². The van der Waals surface area contributed by atoms with Gasteiger partial charge < -0.3 is 15.0 Å². The van der Waals surface area contributed by atoms with Gasteiger partial charge in [0, 0.05) is 13.2 Å². The molecule has 7 heteroatoms. The van der Waals surface area contributed by atoms with Gasteiger partial charge in [-0.2, -0.15) is 0 Å². The van der Waals surface area contributed by atoms with Crippen molar-refractivity contribution >= 4 is 16.9 Å². The first-order valence-corrected chi connectivity index (χ1v) is 9.89. The summed E-state index contributed by atoms with van der Waals surface area (Å²) in [6.45, 7) is 6.13. The molecule has 3 aromatic rings. The summed E-state index contributed by atoms with van der Waals surface area (Å²) >= 11 is 0. The van der Waals surface area contributed by atoms with E-state index < -0.39 is 6.04 Å². The summed E-state index contributed by atoms with van der Waals surface area (Å²) in [6.07, 6.45) is 0.614. The number of imidazole rings is 1. The van der Waals surface area contributed by atoms with Crippen molar-refractivity contribution in [1.29, 1.82) is 0 Å². The fourth-order valence-electron chi connectivity index (χ4n) is 3.34. The number of nitrogens with zero attached hydrogens (tertiary/aromatic N) is 2. The van der Waals surface area contributed by atoms with Gasteiger partial charge in [0.2, 0.25) is 5.91 Å². The summed E-state index contributed by atoms with van der Waals surface area (Å²) in [4.78, 5) is 16.3. The molecule has 154 valence electrons. The van der Waals surface area contributed by atoms with Crippen LogP contribution in [-0.2, 0) is 22.6 Å². The Morgan fingerprint density at radius 1 is 1.21 bits per heavy atom. The van der Waals surface area contributed by atoms with Crippen LogP contribution >= 0.6 is 0 Å². The summed E-state index contributed by atoms with van der Waals surface area (Å²) in [6, 6.07) is 12.0. The largest absolute Gasteiger partial charge is 0.380 e. The number of rotatable bonds is 10. The maximum absolute atomic E-state index is 13.3. The van der Waals surface area contributed by atoms with Crippen molar-refractivity contribution < 1.29 is 13.9 Å². The van der Waals surface area contributed by atoms with E-state index >= 15 is 0 Å². The lowest BCUT2D eigenvalue weighted by Gasteiger charge is -2.14. The predicted molar refractivity (Wildman–Crippen MR) is 112 cm³/mol. The van der Waals surface area contributed by atoms with E-state index in [9.17, 15) is 9.18 Å². The SMILES string of the molecule is CCOCCn1c(CN[C@@H](CC)C(N)=O)nc2ccc(-c3ccc(F)cc3)cc21.